The van der Waals surface area contributed by atoms with Crippen LogP contribution in [-0.4, -0.2) is 43.1 Å². The molecule has 1 heterocycles. The standard InChI is InChI=1S/C16H19BrN2O3/c17-12-4-2-11(3-5-12)13-10-14(13)15(20)18-6-1-7-19-8-9-22-16(19)21/h2-5,13-14H,1,6-10H2,(H,18,20). The zero-order chi connectivity index (χ0) is 15.5. The van der Waals surface area contributed by atoms with Crippen LogP contribution < -0.4 is 5.32 Å². The Morgan fingerprint density at radius 3 is 2.82 bits per heavy atom. The predicted octanol–water partition coefficient (Wildman–Crippen LogP) is 2.51. The first kappa shape index (κ1) is 15.3. The molecule has 1 aliphatic carbocycles. The van der Waals surface area contributed by atoms with Crippen LogP contribution in [0.5, 0.6) is 0 Å². The number of nitrogens with zero attached hydrogens (tertiary/aromatic N) is 1. The van der Waals surface area contributed by atoms with Crippen LogP contribution in [-0.2, 0) is 9.53 Å². The second kappa shape index (κ2) is 6.69. The van der Waals surface area contributed by atoms with Crippen LogP contribution >= 0.6 is 15.9 Å². The summed E-state index contributed by atoms with van der Waals surface area (Å²) >= 11 is 3.42. The Bertz CT molecular complexity index is 561. The highest BCUT2D eigenvalue weighted by Crippen LogP contribution is 2.47. The predicted molar refractivity (Wildman–Crippen MR) is 85.5 cm³/mol. The van der Waals surface area contributed by atoms with E-state index in [4.69, 9.17) is 4.74 Å². The van der Waals surface area contributed by atoms with Gasteiger partial charge in [0.05, 0.1) is 6.54 Å². The number of nitrogens with one attached hydrogen (secondary N) is 1. The zero-order valence-corrected chi connectivity index (χ0v) is 13.8. The highest BCUT2D eigenvalue weighted by molar-refractivity contribution is 9.10. The number of hydrogen-bond acceptors (Lipinski definition) is 3. The summed E-state index contributed by atoms with van der Waals surface area (Å²) in [6, 6.07) is 8.16. The first-order valence-electron chi connectivity index (χ1n) is 7.60. The van der Waals surface area contributed by atoms with Crippen LogP contribution in [0.15, 0.2) is 28.7 Å². The molecule has 1 saturated carbocycles. The summed E-state index contributed by atoms with van der Waals surface area (Å²) in [5.74, 6) is 0.566. The van der Waals surface area contributed by atoms with E-state index in [2.05, 4.69) is 33.4 Å². The maximum atomic E-state index is 12.1. The highest BCUT2D eigenvalue weighted by Gasteiger charge is 2.43. The summed E-state index contributed by atoms with van der Waals surface area (Å²) < 4.78 is 5.91. The molecule has 2 atom stereocenters. The molecule has 1 aliphatic heterocycles. The molecule has 2 amide bonds. The van der Waals surface area contributed by atoms with Crippen molar-refractivity contribution in [1.29, 1.82) is 0 Å². The van der Waals surface area contributed by atoms with E-state index >= 15 is 0 Å². The highest BCUT2D eigenvalue weighted by atomic mass is 79.9. The number of rotatable bonds is 6. The maximum absolute atomic E-state index is 12.1. The van der Waals surface area contributed by atoms with Crippen molar-refractivity contribution in [2.75, 3.05) is 26.2 Å². The monoisotopic (exact) mass is 366 g/mol. The van der Waals surface area contributed by atoms with Gasteiger partial charge in [-0.1, -0.05) is 28.1 Å². The zero-order valence-electron chi connectivity index (χ0n) is 12.3. The second-order valence-electron chi connectivity index (χ2n) is 5.75. The Morgan fingerprint density at radius 1 is 1.36 bits per heavy atom. The molecular formula is C16H19BrN2O3. The van der Waals surface area contributed by atoms with Crippen molar-refractivity contribution in [1.82, 2.24) is 10.2 Å². The van der Waals surface area contributed by atoms with E-state index in [-0.39, 0.29) is 17.9 Å². The number of carbonyl (C=O) groups is 2. The van der Waals surface area contributed by atoms with E-state index in [0.717, 1.165) is 17.3 Å². The third-order valence-corrected chi connectivity index (χ3v) is 4.70. The van der Waals surface area contributed by atoms with Gasteiger partial charge in [-0.25, -0.2) is 4.79 Å². The number of hydrogen-bond donors (Lipinski definition) is 1. The van der Waals surface area contributed by atoms with E-state index in [9.17, 15) is 9.59 Å². The Labute approximate surface area is 138 Å². The van der Waals surface area contributed by atoms with Gasteiger partial charge in [0.2, 0.25) is 5.91 Å². The normalized spacial score (nSPS) is 23.3. The van der Waals surface area contributed by atoms with Crippen LogP contribution in [0.2, 0.25) is 0 Å². The van der Waals surface area contributed by atoms with Crippen molar-refractivity contribution < 1.29 is 14.3 Å². The lowest BCUT2D eigenvalue weighted by Crippen LogP contribution is -2.31. The fourth-order valence-electron chi connectivity index (χ4n) is 2.80. The van der Waals surface area contributed by atoms with Crippen molar-refractivity contribution in [3.63, 3.8) is 0 Å². The van der Waals surface area contributed by atoms with Gasteiger partial charge in [0.25, 0.3) is 0 Å². The summed E-state index contributed by atoms with van der Waals surface area (Å²) in [5, 5.41) is 2.97. The van der Waals surface area contributed by atoms with Crippen LogP contribution in [0, 0.1) is 5.92 Å². The van der Waals surface area contributed by atoms with Crippen molar-refractivity contribution in [3.8, 4) is 0 Å². The van der Waals surface area contributed by atoms with Gasteiger partial charge < -0.3 is 15.0 Å². The number of benzene rings is 1. The molecule has 118 valence electrons. The van der Waals surface area contributed by atoms with Crippen molar-refractivity contribution in [2.45, 2.75) is 18.8 Å². The average molecular weight is 367 g/mol. The van der Waals surface area contributed by atoms with Gasteiger partial charge in [-0.2, -0.15) is 0 Å². The molecule has 6 heteroatoms. The fraction of sp³-hybridized carbons (Fsp3) is 0.500. The first-order valence-corrected chi connectivity index (χ1v) is 8.39. The Balaban J connectivity index is 1.37. The summed E-state index contributed by atoms with van der Waals surface area (Å²) in [6.45, 7) is 2.37. The van der Waals surface area contributed by atoms with Gasteiger partial charge in [0.1, 0.15) is 6.61 Å². The molecule has 0 aromatic heterocycles. The van der Waals surface area contributed by atoms with Crippen LogP contribution in [0.3, 0.4) is 0 Å². The molecule has 1 aromatic carbocycles. The van der Waals surface area contributed by atoms with E-state index in [1.807, 2.05) is 12.1 Å². The molecule has 0 spiro atoms. The number of carbonyl (C=O) groups excluding carboxylic acids is 2. The van der Waals surface area contributed by atoms with Gasteiger partial charge in [0, 0.05) is 23.5 Å². The van der Waals surface area contributed by atoms with E-state index < -0.39 is 0 Å². The Kier molecular flexibility index (Phi) is 4.66. The molecule has 2 aliphatic rings. The second-order valence-corrected chi connectivity index (χ2v) is 6.66. The molecule has 1 saturated heterocycles. The molecule has 2 unspecified atom stereocenters. The van der Waals surface area contributed by atoms with Gasteiger partial charge >= 0.3 is 6.09 Å². The summed E-state index contributed by atoms with van der Waals surface area (Å²) in [6.07, 6.45) is 1.44. The van der Waals surface area contributed by atoms with E-state index in [1.165, 1.54) is 5.56 Å². The van der Waals surface area contributed by atoms with Crippen LogP contribution in [0.25, 0.3) is 0 Å². The molecule has 1 aromatic rings. The third-order valence-electron chi connectivity index (χ3n) is 4.17. The summed E-state index contributed by atoms with van der Waals surface area (Å²) in [5.41, 5.74) is 1.23. The summed E-state index contributed by atoms with van der Waals surface area (Å²) in [7, 11) is 0. The van der Waals surface area contributed by atoms with Crippen molar-refractivity contribution >= 4 is 27.9 Å². The average Bonchev–Trinajstić information content (AvgIpc) is 3.21. The molecule has 5 nitrogen and oxygen atoms in total. The van der Waals surface area contributed by atoms with E-state index in [1.54, 1.807) is 4.90 Å². The van der Waals surface area contributed by atoms with Gasteiger partial charge in [0.15, 0.2) is 0 Å². The molecule has 3 rings (SSSR count). The minimum Gasteiger partial charge on any atom is -0.448 e. The SMILES string of the molecule is O=C(NCCCN1CCOC1=O)C1CC1c1ccc(Br)cc1. The number of cyclic esters (lactones) is 1. The van der Waals surface area contributed by atoms with Crippen LogP contribution in [0.4, 0.5) is 4.79 Å². The van der Waals surface area contributed by atoms with Crippen LogP contribution in [0.1, 0.15) is 24.3 Å². The Morgan fingerprint density at radius 2 is 2.14 bits per heavy atom. The largest absolute Gasteiger partial charge is 0.448 e. The van der Waals surface area contributed by atoms with Gasteiger partial charge in [-0.3, -0.25) is 4.79 Å². The lowest BCUT2D eigenvalue weighted by Gasteiger charge is -2.12. The van der Waals surface area contributed by atoms with E-state index in [0.29, 0.717) is 32.2 Å². The molecule has 0 radical (unpaired) electrons. The summed E-state index contributed by atoms with van der Waals surface area (Å²) in [4.78, 5) is 25.0. The number of halogens is 1. The number of ether oxygens (including phenoxy) is 1. The third kappa shape index (κ3) is 3.61. The fourth-order valence-corrected chi connectivity index (χ4v) is 3.07. The first-order chi connectivity index (χ1) is 10.6. The Hall–Kier alpha value is -1.56. The topological polar surface area (TPSA) is 58.6 Å². The number of amides is 2. The lowest BCUT2D eigenvalue weighted by molar-refractivity contribution is -0.122. The quantitative estimate of drug-likeness (QED) is 0.786. The molecule has 22 heavy (non-hydrogen) atoms. The minimum atomic E-state index is -0.246. The minimum absolute atomic E-state index is 0.0953. The molecule has 0 bridgehead atoms. The van der Waals surface area contributed by atoms with Gasteiger partial charge in [-0.05, 0) is 36.5 Å². The smallest absolute Gasteiger partial charge is 0.409 e. The van der Waals surface area contributed by atoms with Crippen molar-refractivity contribution in [2.24, 2.45) is 5.92 Å². The lowest BCUT2D eigenvalue weighted by atomic mass is 10.1. The molecule has 1 N–H and O–H groups in total. The van der Waals surface area contributed by atoms with Gasteiger partial charge in [-0.15, -0.1) is 0 Å². The molecular weight excluding hydrogens is 348 g/mol. The van der Waals surface area contributed by atoms with Crippen molar-refractivity contribution in [3.05, 3.63) is 34.3 Å². The molecule has 2 fully saturated rings. The maximum Gasteiger partial charge on any atom is 0.409 e.